The van der Waals surface area contributed by atoms with Gasteiger partial charge in [0.05, 0.1) is 5.56 Å². The molecular weight excluding hydrogens is 527 g/mol. The van der Waals surface area contributed by atoms with Crippen LogP contribution in [0.5, 0.6) is 0 Å². The van der Waals surface area contributed by atoms with Crippen molar-refractivity contribution in [2.75, 3.05) is 11.9 Å². The Morgan fingerprint density at radius 2 is 1.92 bits per heavy atom. The molecule has 2 amide bonds. The summed E-state index contributed by atoms with van der Waals surface area (Å²) < 4.78 is 56.7. The number of urea groups is 1. The molecule has 3 aromatic heterocycles. The Labute approximate surface area is 217 Å². The van der Waals surface area contributed by atoms with Gasteiger partial charge in [0.15, 0.2) is 11.9 Å². The van der Waals surface area contributed by atoms with Crippen LogP contribution in [0.1, 0.15) is 25.1 Å². The molecule has 4 unspecified atom stereocenters. The van der Waals surface area contributed by atoms with E-state index < -0.39 is 24.2 Å². The zero-order valence-electron chi connectivity index (χ0n) is 19.9. The number of hydrazone groups is 1. The molecule has 0 aliphatic carbocycles. The number of epoxide rings is 2. The molecule has 0 spiro atoms. The minimum Gasteiger partial charge on any atom is -0.441 e. The number of fused-ring (bicyclic) bond motifs is 1. The first-order valence-electron chi connectivity index (χ1n) is 11.6. The molecule has 2 saturated heterocycles. The molecule has 0 saturated carbocycles. The lowest BCUT2D eigenvalue weighted by molar-refractivity contribution is -0.140. The number of carbonyl (C=O) groups excluding carboxylic acids is 1. The largest absolute Gasteiger partial charge is 0.441 e. The van der Waals surface area contributed by atoms with E-state index in [0.29, 0.717) is 28.8 Å². The first kappa shape index (κ1) is 24.5. The number of alkyl halides is 3. The Morgan fingerprint density at radius 1 is 1.13 bits per heavy atom. The fraction of sp³-hybridized carbons (Fsp3) is 0.348. The Kier molecular flexibility index (Phi) is 5.92. The zero-order chi connectivity index (χ0) is 26.6. The third-order valence-corrected chi connectivity index (χ3v) is 6.74. The van der Waals surface area contributed by atoms with Gasteiger partial charge in [-0.15, -0.1) is 16.4 Å². The minimum absolute atomic E-state index is 0.0208. The molecule has 3 aromatic rings. The minimum atomic E-state index is -4.60. The molecule has 0 bridgehead atoms. The predicted octanol–water partition coefficient (Wildman–Crippen LogP) is 3.85. The number of aromatic nitrogens is 3. The third-order valence-electron chi connectivity index (χ3n) is 5.87. The quantitative estimate of drug-likeness (QED) is 0.446. The summed E-state index contributed by atoms with van der Waals surface area (Å²) in [5, 5.41) is 12.4. The van der Waals surface area contributed by atoms with Crippen LogP contribution < -0.4 is 10.6 Å². The molecule has 6 heterocycles. The maximum absolute atomic E-state index is 13.3. The predicted molar refractivity (Wildman–Crippen MR) is 129 cm³/mol. The summed E-state index contributed by atoms with van der Waals surface area (Å²) in [4.78, 5) is 24.4. The van der Waals surface area contributed by atoms with Crippen LogP contribution in [0, 0.1) is 0 Å². The molecule has 15 heteroatoms. The monoisotopic (exact) mass is 547 g/mol. The van der Waals surface area contributed by atoms with Gasteiger partial charge in [0.1, 0.15) is 16.9 Å². The highest BCUT2D eigenvalue weighted by atomic mass is 32.1. The number of rotatable bonds is 6. The molecule has 0 aromatic carbocycles. The van der Waals surface area contributed by atoms with E-state index >= 15 is 0 Å². The van der Waals surface area contributed by atoms with E-state index in [0.717, 1.165) is 16.7 Å². The van der Waals surface area contributed by atoms with Gasteiger partial charge in [-0.1, -0.05) is 0 Å². The maximum atomic E-state index is 13.3. The highest BCUT2D eigenvalue weighted by Gasteiger charge is 2.57. The van der Waals surface area contributed by atoms with Crippen molar-refractivity contribution in [3.05, 3.63) is 47.4 Å². The lowest BCUT2D eigenvalue weighted by atomic mass is 10.0. The lowest BCUT2D eigenvalue weighted by Gasteiger charge is -2.20. The fourth-order valence-electron chi connectivity index (χ4n) is 3.92. The summed E-state index contributed by atoms with van der Waals surface area (Å²) >= 11 is 0.832. The Hall–Kier alpha value is -3.82. The number of halogens is 3. The average molecular weight is 548 g/mol. The molecule has 4 atom stereocenters. The van der Waals surface area contributed by atoms with Gasteiger partial charge in [-0.3, -0.25) is 10.3 Å². The van der Waals surface area contributed by atoms with E-state index in [1.165, 1.54) is 12.3 Å². The lowest BCUT2D eigenvalue weighted by Crippen LogP contribution is -2.34. The van der Waals surface area contributed by atoms with Gasteiger partial charge in [-0.2, -0.15) is 13.2 Å². The third kappa shape index (κ3) is 4.75. The van der Waals surface area contributed by atoms with Crippen molar-refractivity contribution in [3.63, 3.8) is 0 Å². The number of carbonyl (C=O) groups is 1. The molecular formula is C23H20F3N7O4S. The van der Waals surface area contributed by atoms with Gasteiger partial charge in [0.25, 0.3) is 6.29 Å². The highest BCUT2D eigenvalue weighted by Crippen LogP contribution is 2.41. The van der Waals surface area contributed by atoms with E-state index in [4.69, 9.17) is 14.2 Å². The zero-order valence-corrected chi connectivity index (χ0v) is 20.7. The summed E-state index contributed by atoms with van der Waals surface area (Å²) in [6.45, 7) is 4.07. The van der Waals surface area contributed by atoms with Crippen molar-refractivity contribution in [1.29, 1.82) is 0 Å². The second-order valence-corrected chi connectivity index (χ2v) is 9.49. The number of nitrogens with one attached hydrogen (secondary N) is 2. The van der Waals surface area contributed by atoms with Crippen molar-refractivity contribution in [2.24, 2.45) is 5.10 Å². The van der Waals surface area contributed by atoms with Gasteiger partial charge in [-0.25, -0.2) is 19.8 Å². The number of pyridine rings is 2. The molecule has 3 aliphatic heterocycles. The second kappa shape index (κ2) is 9.18. The molecule has 2 fully saturated rings. The summed E-state index contributed by atoms with van der Waals surface area (Å²) in [5.74, 6) is 0.423. The SMILES string of the molecule is CCNC(=O)Nc1cc(-c2nc(C(F)(F)F)cs2)c(-c2cncc(C3=NN(C4OC4C)C4OC4O3)c2)cn1. The van der Waals surface area contributed by atoms with Crippen molar-refractivity contribution < 1.29 is 32.2 Å². The first-order chi connectivity index (χ1) is 18.2. The molecule has 2 N–H and O–H groups in total. The van der Waals surface area contributed by atoms with Crippen LogP contribution in [0.3, 0.4) is 0 Å². The van der Waals surface area contributed by atoms with E-state index in [9.17, 15) is 18.0 Å². The highest BCUT2D eigenvalue weighted by molar-refractivity contribution is 7.13. The topological polar surface area (TPSA) is 130 Å². The molecule has 0 radical (unpaired) electrons. The first-order valence-corrected chi connectivity index (χ1v) is 12.5. The van der Waals surface area contributed by atoms with Crippen molar-refractivity contribution in [2.45, 2.75) is 44.9 Å². The summed E-state index contributed by atoms with van der Waals surface area (Å²) in [6, 6.07) is 2.71. The van der Waals surface area contributed by atoms with Gasteiger partial charge >= 0.3 is 12.2 Å². The average Bonchev–Trinajstić information content (AvgIpc) is 3.77. The van der Waals surface area contributed by atoms with Crippen LogP contribution >= 0.6 is 11.3 Å². The Bertz CT molecular complexity index is 1430. The Morgan fingerprint density at radius 3 is 2.63 bits per heavy atom. The van der Waals surface area contributed by atoms with Gasteiger partial charge in [0, 0.05) is 47.2 Å². The van der Waals surface area contributed by atoms with Gasteiger partial charge < -0.3 is 19.5 Å². The standard InChI is InChI=1S/C23H20F3N7O4S/c1-3-28-22(34)31-16-5-13(18-30-15(9-38-18)23(24,25)26)14(8-29-16)11-4-12(7-27-6-11)17-32-33(19-10(2)35-19)20-21(36-17)37-20/h4-10,19-21H,3H2,1-2H3,(H2,28,29,31,34). The van der Waals surface area contributed by atoms with Crippen LogP contribution in [0.25, 0.3) is 21.7 Å². The number of thiazole rings is 1. The summed E-state index contributed by atoms with van der Waals surface area (Å²) in [5.41, 5.74) is 0.847. The van der Waals surface area contributed by atoms with E-state index in [1.54, 1.807) is 30.4 Å². The van der Waals surface area contributed by atoms with E-state index in [2.05, 4.69) is 30.7 Å². The Balaban J connectivity index is 1.38. The van der Waals surface area contributed by atoms with Crippen molar-refractivity contribution in [3.8, 4) is 21.7 Å². The number of anilines is 1. The fourth-order valence-corrected chi connectivity index (χ4v) is 4.78. The van der Waals surface area contributed by atoms with Crippen LogP contribution in [-0.4, -0.2) is 63.3 Å². The van der Waals surface area contributed by atoms with Crippen LogP contribution in [0.15, 0.2) is 41.2 Å². The van der Waals surface area contributed by atoms with Crippen molar-refractivity contribution in [1.82, 2.24) is 25.3 Å². The van der Waals surface area contributed by atoms with Gasteiger partial charge in [-0.05, 0) is 26.0 Å². The molecule has 3 aliphatic rings. The molecule has 11 nitrogen and oxygen atoms in total. The summed E-state index contributed by atoms with van der Waals surface area (Å²) in [7, 11) is 0. The summed E-state index contributed by atoms with van der Waals surface area (Å²) in [6.07, 6.45) is -1.01. The number of ether oxygens (including phenoxy) is 3. The number of hydrogen-bond donors (Lipinski definition) is 2. The molecule has 6 rings (SSSR count). The normalized spacial score (nSPS) is 23.7. The van der Waals surface area contributed by atoms with E-state index in [1.807, 2.05) is 6.92 Å². The number of nitrogens with zero attached hydrogens (tertiary/aromatic N) is 5. The maximum Gasteiger partial charge on any atom is 0.434 e. The van der Waals surface area contributed by atoms with Crippen LogP contribution in [0.2, 0.25) is 0 Å². The van der Waals surface area contributed by atoms with Crippen LogP contribution in [0.4, 0.5) is 23.8 Å². The number of amides is 2. The van der Waals surface area contributed by atoms with Crippen molar-refractivity contribution >= 4 is 29.1 Å². The molecule has 38 heavy (non-hydrogen) atoms. The molecule has 198 valence electrons. The van der Waals surface area contributed by atoms with Gasteiger partial charge in [0.2, 0.25) is 12.1 Å². The number of hydrogen-bond acceptors (Lipinski definition) is 10. The van der Waals surface area contributed by atoms with Crippen LogP contribution in [-0.2, 0) is 20.4 Å². The van der Waals surface area contributed by atoms with E-state index in [-0.39, 0.29) is 35.3 Å². The second-order valence-electron chi connectivity index (χ2n) is 8.63. The smallest absolute Gasteiger partial charge is 0.434 e.